The van der Waals surface area contributed by atoms with E-state index in [4.69, 9.17) is 14.2 Å². The van der Waals surface area contributed by atoms with Crippen molar-refractivity contribution in [3.05, 3.63) is 59.7 Å². The zero-order valence-electron chi connectivity index (χ0n) is 16.6. The quantitative estimate of drug-likeness (QED) is 0.778. The summed E-state index contributed by atoms with van der Waals surface area (Å²) < 4.78 is 16.8. The number of carbonyl (C=O) groups excluding carboxylic acids is 1. The lowest BCUT2D eigenvalue weighted by atomic mass is 10.1. The van der Waals surface area contributed by atoms with E-state index in [-0.39, 0.29) is 12.0 Å². The Kier molecular flexibility index (Phi) is 6.77. The zero-order valence-corrected chi connectivity index (χ0v) is 16.6. The van der Waals surface area contributed by atoms with Gasteiger partial charge in [0.25, 0.3) is 5.91 Å². The van der Waals surface area contributed by atoms with Gasteiger partial charge in [-0.1, -0.05) is 18.2 Å². The highest BCUT2D eigenvalue weighted by molar-refractivity contribution is 6.04. The van der Waals surface area contributed by atoms with E-state index in [1.54, 1.807) is 12.1 Å². The largest absolute Gasteiger partial charge is 0.491 e. The third-order valence-corrected chi connectivity index (χ3v) is 5.34. The van der Waals surface area contributed by atoms with Gasteiger partial charge in [0, 0.05) is 37.5 Å². The Morgan fingerprint density at radius 3 is 2.62 bits per heavy atom. The van der Waals surface area contributed by atoms with Crippen LogP contribution in [0.25, 0.3) is 0 Å². The van der Waals surface area contributed by atoms with Crippen LogP contribution in [0.4, 0.5) is 5.69 Å². The number of morpholine rings is 1. The van der Waals surface area contributed by atoms with Crippen molar-refractivity contribution < 1.29 is 19.0 Å². The number of amides is 1. The first kappa shape index (κ1) is 19.9. The zero-order chi connectivity index (χ0) is 19.9. The molecule has 2 aliphatic rings. The summed E-state index contributed by atoms with van der Waals surface area (Å²) in [7, 11) is 0. The topological polar surface area (TPSA) is 60.0 Å². The van der Waals surface area contributed by atoms with Crippen molar-refractivity contribution in [2.75, 3.05) is 44.8 Å². The molecule has 0 radical (unpaired) electrons. The van der Waals surface area contributed by atoms with Crippen LogP contribution in [-0.4, -0.2) is 56.4 Å². The van der Waals surface area contributed by atoms with Crippen molar-refractivity contribution in [1.82, 2.24) is 4.90 Å². The number of rotatable bonds is 7. The third kappa shape index (κ3) is 5.56. The molecule has 154 valence electrons. The van der Waals surface area contributed by atoms with Gasteiger partial charge in [0.05, 0.1) is 19.3 Å². The van der Waals surface area contributed by atoms with Crippen LogP contribution in [0.3, 0.4) is 0 Å². The Bertz CT molecular complexity index is 797. The minimum Gasteiger partial charge on any atom is -0.491 e. The maximum atomic E-state index is 12.7. The van der Waals surface area contributed by atoms with Crippen molar-refractivity contribution in [1.29, 1.82) is 0 Å². The van der Waals surface area contributed by atoms with E-state index >= 15 is 0 Å². The number of nitrogens with zero attached hydrogens (tertiary/aromatic N) is 1. The van der Waals surface area contributed by atoms with Crippen molar-refractivity contribution in [2.45, 2.75) is 25.5 Å². The lowest BCUT2D eigenvalue weighted by Gasteiger charge is -2.27. The number of hydrogen-bond donors (Lipinski definition) is 1. The van der Waals surface area contributed by atoms with Crippen LogP contribution in [0.5, 0.6) is 5.75 Å². The van der Waals surface area contributed by atoms with Gasteiger partial charge in [-0.2, -0.15) is 0 Å². The molecule has 4 rings (SSSR count). The Morgan fingerprint density at radius 1 is 1.07 bits per heavy atom. The second-order valence-electron chi connectivity index (χ2n) is 7.47. The molecule has 1 unspecified atom stereocenters. The number of nitrogens with one attached hydrogen (secondary N) is 1. The molecule has 6 heteroatoms. The number of para-hydroxylation sites is 1. The molecule has 1 N–H and O–H groups in total. The summed E-state index contributed by atoms with van der Waals surface area (Å²) in [5, 5.41) is 3.05. The van der Waals surface area contributed by atoms with E-state index in [2.05, 4.69) is 16.3 Å². The van der Waals surface area contributed by atoms with Crippen molar-refractivity contribution in [3.63, 3.8) is 0 Å². The first-order chi connectivity index (χ1) is 14.3. The van der Waals surface area contributed by atoms with Gasteiger partial charge in [-0.15, -0.1) is 0 Å². The van der Waals surface area contributed by atoms with Crippen LogP contribution in [-0.2, 0) is 16.0 Å². The molecular weight excluding hydrogens is 368 g/mol. The average Bonchev–Trinajstić information content (AvgIpc) is 3.28. The predicted molar refractivity (Wildman–Crippen MR) is 111 cm³/mol. The number of hydrogen-bond acceptors (Lipinski definition) is 5. The fraction of sp³-hybridized carbons (Fsp3) is 0.435. The molecule has 0 bridgehead atoms. The molecule has 2 aromatic carbocycles. The van der Waals surface area contributed by atoms with Crippen molar-refractivity contribution in [3.8, 4) is 5.75 Å². The number of anilines is 1. The number of benzene rings is 2. The number of carbonyl (C=O) groups is 1. The molecule has 2 fully saturated rings. The van der Waals surface area contributed by atoms with E-state index in [1.165, 1.54) is 0 Å². The van der Waals surface area contributed by atoms with Crippen LogP contribution in [0.1, 0.15) is 28.8 Å². The SMILES string of the molecule is O=C(Nc1ccccc1CN1CCOCC1)c1ccc(OCC2CCCO2)cc1. The molecule has 1 atom stereocenters. The molecule has 2 aromatic rings. The molecule has 0 saturated carbocycles. The van der Waals surface area contributed by atoms with Gasteiger partial charge in [-0.25, -0.2) is 0 Å². The predicted octanol–water partition coefficient (Wildman–Crippen LogP) is 3.33. The number of ether oxygens (including phenoxy) is 3. The average molecular weight is 396 g/mol. The molecule has 0 aromatic heterocycles. The van der Waals surface area contributed by atoms with E-state index in [0.29, 0.717) is 12.2 Å². The minimum atomic E-state index is -0.120. The fourth-order valence-corrected chi connectivity index (χ4v) is 3.64. The van der Waals surface area contributed by atoms with Gasteiger partial charge in [0.1, 0.15) is 12.4 Å². The fourth-order valence-electron chi connectivity index (χ4n) is 3.64. The maximum absolute atomic E-state index is 12.7. The highest BCUT2D eigenvalue weighted by atomic mass is 16.5. The summed E-state index contributed by atoms with van der Waals surface area (Å²) in [6.45, 7) is 5.52. The van der Waals surface area contributed by atoms with Gasteiger partial charge >= 0.3 is 0 Å². The first-order valence-corrected chi connectivity index (χ1v) is 10.3. The minimum absolute atomic E-state index is 0.120. The Balaban J connectivity index is 1.35. The van der Waals surface area contributed by atoms with Crippen LogP contribution in [0.15, 0.2) is 48.5 Å². The first-order valence-electron chi connectivity index (χ1n) is 10.3. The van der Waals surface area contributed by atoms with E-state index in [0.717, 1.165) is 69.3 Å². The van der Waals surface area contributed by atoms with Crippen LogP contribution >= 0.6 is 0 Å². The van der Waals surface area contributed by atoms with Gasteiger partial charge in [0.2, 0.25) is 0 Å². The van der Waals surface area contributed by atoms with Crippen LogP contribution in [0, 0.1) is 0 Å². The standard InChI is InChI=1S/C23H28N2O4/c26-23(18-7-9-20(10-8-18)29-17-21-5-3-13-28-21)24-22-6-2-1-4-19(22)16-25-11-14-27-15-12-25/h1-2,4,6-10,21H,3,5,11-17H2,(H,24,26). The molecule has 6 nitrogen and oxygen atoms in total. The molecule has 2 saturated heterocycles. The Labute approximate surface area is 171 Å². The smallest absolute Gasteiger partial charge is 0.255 e. The highest BCUT2D eigenvalue weighted by Crippen LogP contribution is 2.20. The van der Waals surface area contributed by atoms with Crippen LogP contribution < -0.4 is 10.1 Å². The third-order valence-electron chi connectivity index (χ3n) is 5.34. The van der Waals surface area contributed by atoms with E-state index in [1.807, 2.05) is 30.3 Å². The summed E-state index contributed by atoms with van der Waals surface area (Å²) in [6, 6.07) is 15.2. The Morgan fingerprint density at radius 2 is 1.86 bits per heavy atom. The molecule has 2 heterocycles. The molecule has 2 aliphatic heterocycles. The summed E-state index contributed by atoms with van der Waals surface area (Å²) >= 11 is 0. The second kappa shape index (κ2) is 9.87. The summed E-state index contributed by atoms with van der Waals surface area (Å²) in [6.07, 6.45) is 2.32. The second-order valence-corrected chi connectivity index (χ2v) is 7.47. The van der Waals surface area contributed by atoms with Gasteiger partial charge in [0.15, 0.2) is 0 Å². The molecular formula is C23H28N2O4. The summed E-state index contributed by atoms with van der Waals surface area (Å²) in [5.74, 6) is 0.634. The van der Waals surface area contributed by atoms with E-state index < -0.39 is 0 Å². The lowest BCUT2D eigenvalue weighted by Crippen LogP contribution is -2.35. The van der Waals surface area contributed by atoms with Gasteiger partial charge in [-0.05, 0) is 48.7 Å². The Hall–Kier alpha value is -2.41. The maximum Gasteiger partial charge on any atom is 0.255 e. The molecule has 0 aliphatic carbocycles. The van der Waals surface area contributed by atoms with Crippen LogP contribution in [0.2, 0.25) is 0 Å². The highest BCUT2D eigenvalue weighted by Gasteiger charge is 2.17. The molecule has 29 heavy (non-hydrogen) atoms. The summed E-state index contributed by atoms with van der Waals surface area (Å²) in [5.41, 5.74) is 2.57. The normalized spacial score (nSPS) is 19.8. The van der Waals surface area contributed by atoms with E-state index in [9.17, 15) is 4.79 Å². The molecule has 1 amide bonds. The summed E-state index contributed by atoms with van der Waals surface area (Å²) in [4.78, 5) is 15.1. The van der Waals surface area contributed by atoms with Gasteiger partial charge in [-0.3, -0.25) is 9.69 Å². The van der Waals surface area contributed by atoms with Crippen molar-refractivity contribution >= 4 is 11.6 Å². The monoisotopic (exact) mass is 396 g/mol. The van der Waals surface area contributed by atoms with Gasteiger partial charge < -0.3 is 19.5 Å². The lowest BCUT2D eigenvalue weighted by molar-refractivity contribution is 0.0342. The molecule has 0 spiro atoms. The van der Waals surface area contributed by atoms with Crippen molar-refractivity contribution in [2.24, 2.45) is 0 Å².